The third kappa shape index (κ3) is 4.98. The summed E-state index contributed by atoms with van der Waals surface area (Å²) in [5, 5.41) is 3.14. The van der Waals surface area contributed by atoms with E-state index in [1.54, 1.807) is 0 Å². The summed E-state index contributed by atoms with van der Waals surface area (Å²) in [5.41, 5.74) is 0.709. The Morgan fingerprint density at radius 3 is 2.21 bits per heavy atom. The van der Waals surface area contributed by atoms with Gasteiger partial charge in [0.05, 0.1) is 6.54 Å². The maximum absolute atomic E-state index is 12.7. The summed E-state index contributed by atoms with van der Waals surface area (Å²) in [5.74, 6) is 1.08. The molecule has 4 rings (SSSR count). The van der Waals surface area contributed by atoms with Crippen molar-refractivity contribution in [3.05, 3.63) is 35.9 Å². The lowest BCUT2D eigenvalue weighted by atomic mass is 9.80. The zero-order valence-electron chi connectivity index (χ0n) is 17.6. The maximum Gasteiger partial charge on any atom is 0.251 e. The lowest BCUT2D eigenvalue weighted by Gasteiger charge is -2.46. The third-order valence-corrected chi connectivity index (χ3v) is 7.03. The predicted octanol–water partition coefficient (Wildman–Crippen LogP) is 1.82. The molecule has 1 N–H and O–H groups in total. The standard InChI is InChI=1S/C23H34N4O2/c1-18-7-8-21(18)26-13-15-27(16-14-26)22(28)17-25-11-9-20(10-12-25)24-23(29)19-5-3-2-4-6-19/h2-6,18,20-21H,7-17H2,1H3,(H,24,29). The topological polar surface area (TPSA) is 55.9 Å². The molecular weight excluding hydrogens is 364 g/mol. The molecule has 6 heteroatoms. The molecule has 2 heterocycles. The highest BCUT2D eigenvalue weighted by Crippen LogP contribution is 2.32. The fourth-order valence-electron chi connectivity index (χ4n) is 4.88. The van der Waals surface area contributed by atoms with E-state index in [0.29, 0.717) is 12.1 Å². The summed E-state index contributed by atoms with van der Waals surface area (Å²) in [4.78, 5) is 31.9. The number of hydrogen-bond donors (Lipinski definition) is 1. The second kappa shape index (κ2) is 9.26. The average molecular weight is 399 g/mol. The molecule has 2 aliphatic heterocycles. The molecule has 2 saturated heterocycles. The number of hydrogen-bond acceptors (Lipinski definition) is 4. The minimum atomic E-state index is -0.00113. The second-order valence-electron chi connectivity index (χ2n) is 8.93. The predicted molar refractivity (Wildman–Crippen MR) is 114 cm³/mol. The number of benzene rings is 1. The van der Waals surface area contributed by atoms with Gasteiger partial charge in [0.2, 0.25) is 5.91 Å². The first-order chi connectivity index (χ1) is 14.1. The molecule has 1 aliphatic carbocycles. The van der Waals surface area contributed by atoms with Crippen LogP contribution in [0, 0.1) is 5.92 Å². The average Bonchev–Trinajstić information content (AvgIpc) is 2.75. The number of carbonyl (C=O) groups excluding carboxylic acids is 2. The third-order valence-electron chi connectivity index (χ3n) is 7.03. The van der Waals surface area contributed by atoms with Crippen LogP contribution < -0.4 is 5.32 Å². The number of likely N-dealkylation sites (tertiary alicyclic amines) is 1. The first-order valence-corrected chi connectivity index (χ1v) is 11.2. The Bertz CT molecular complexity index is 694. The molecule has 3 fully saturated rings. The van der Waals surface area contributed by atoms with Gasteiger partial charge in [-0.1, -0.05) is 25.1 Å². The van der Waals surface area contributed by atoms with Crippen molar-refractivity contribution in [3.63, 3.8) is 0 Å². The van der Waals surface area contributed by atoms with E-state index in [0.717, 1.165) is 64.1 Å². The summed E-state index contributed by atoms with van der Waals surface area (Å²) in [6.45, 7) is 8.37. The zero-order valence-corrected chi connectivity index (χ0v) is 17.6. The van der Waals surface area contributed by atoms with Crippen LogP contribution in [0.4, 0.5) is 0 Å². The Balaban J connectivity index is 1.16. The molecule has 1 aromatic carbocycles. The lowest BCUT2D eigenvalue weighted by Crippen LogP contribution is -2.57. The molecule has 6 nitrogen and oxygen atoms in total. The SMILES string of the molecule is CC1CCC1N1CCN(C(=O)CN2CCC(NC(=O)c3ccccc3)CC2)CC1. The normalized spacial score (nSPS) is 26.7. The Morgan fingerprint density at radius 1 is 0.931 bits per heavy atom. The van der Waals surface area contributed by atoms with E-state index in [4.69, 9.17) is 0 Å². The van der Waals surface area contributed by atoms with Crippen LogP contribution in [0.5, 0.6) is 0 Å². The van der Waals surface area contributed by atoms with Crippen molar-refractivity contribution >= 4 is 11.8 Å². The van der Waals surface area contributed by atoms with Gasteiger partial charge in [0.1, 0.15) is 0 Å². The van der Waals surface area contributed by atoms with Gasteiger partial charge in [-0.25, -0.2) is 0 Å². The van der Waals surface area contributed by atoms with E-state index in [1.807, 2.05) is 35.2 Å². The van der Waals surface area contributed by atoms with Crippen LogP contribution in [-0.4, -0.2) is 84.4 Å². The van der Waals surface area contributed by atoms with E-state index in [9.17, 15) is 9.59 Å². The van der Waals surface area contributed by atoms with Crippen LogP contribution in [-0.2, 0) is 4.79 Å². The van der Waals surface area contributed by atoms with Crippen molar-refractivity contribution in [1.29, 1.82) is 0 Å². The molecule has 158 valence electrons. The summed E-state index contributed by atoms with van der Waals surface area (Å²) < 4.78 is 0. The van der Waals surface area contributed by atoms with Crippen LogP contribution in [0.25, 0.3) is 0 Å². The number of nitrogens with zero attached hydrogens (tertiary/aromatic N) is 3. The van der Waals surface area contributed by atoms with E-state index < -0.39 is 0 Å². The molecule has 3 aliphatic rings. The molecule has 2 amide bonds. The van der Waals surface area contributed by atoms with Crippen LogP contribution in [0.15, 0.2) is 30.3 Å². The molecule has 0 aromatic heterocycles. The van der Waals surface area contributed by atoms with Crippen molar-refractivity contribution in [3.8, 4) is 0 Å². The van der Waals surface area contributed by atoms with Gasteiger partial charge in [-0.15, -0.1) is 0 Å². The Hall–Kier alpha value is -1.92. The highest BCUT2D eigenvalue weighted by Gasteiger charge is 2.34. The molecule has 2 atom stereocenters. The van der Waals surface area contributed by atoms with Gasteiger partial charge in [0.25, 0.3) is 5.91 Å². The quantitative estimate of drug-likeness (QED) is 0.822. The number of carbonyl (C=O) groups is 2. The first-order valence-electron chi connectivity index (χ1n) is 11.2. The number of piperazine rings is 1. The van der Waals surface area contributed by atoms with Crippen molar-refractivity contribution < 1.29 is 9.59 Å². The lowest BCUT2D eigenvalue weighted by molar-refractivity contribution is -0.135. The molecule has 1 saturated carbocycles. The van der Waals surface area contributed by atoms with Crippen LogP contribution >= 0.6 is 0 Å². The Kier molecular flexibility index (Phi) is 6.50. The molecule has 0 radical (unpaired) electrons. The highest BCUT2D eigenvalue weighted by atomic mass is 16.2. The maximum atomic E-state index is 12.7. The van der Waals surface area contributed by atoms with Crippen molar-refractivity contribution in [2.24, 2.45) is 5.92 Å². The van der Waals surface area contributed by atoms with Gasteiger partial charge in [0, 0.05) is 56.9 Å². The van der Waals surface area contributed by atoms with Crippen molar-refractivity contribution in [1.82, 2.24) is 20.0 Å². The van der Waals surface area contributed by atoms with Gasteiger partial charge in [-0.2, -0.15) is 0 Å². The van der Waals surface area contributed by atoms with Crippen molar-refractivity contribution in [2.75, 3.05) is 45.8 Å². The number of piperidine rings is 1. The minimum Gasteiger partial charge on any atom is -0.349 e. The fourth-order valence-corrected chi connectivity index (χ4v) is 4.88. The van der Waals surface area contributed by atoms with Crippen LogP contribution in [0.1, 0.15) is 43.0 Å². The summed E-state index contributed by atoms with van der Waals surface area (Å²) in [7, 11) is 0. The second-order valence-corrected chi connectivity index (χ2v) is 8.93. The van der Waals surface area contributed by atoms with Gasteiger partial charge in [-0.05, 0) is 43.7 Å². The Morgan fingerprint density at radius 2 is 1.62 bits per heavy atom. The monoisotopic (exact) mass is 398 g/mol. The van der Waals surface area contributed by atoms with Gasteiger partial charge in [-0.3, -0.25) is 19.4 Å². The van der Waals surface area contributed by atoms with E-state index in [1.165, 1.54) is 12.8 Å². The smallest absolute Gasteiger partial charge is 0.251 e. The minimum absolute atomic E-state index is 0.00113. The number of rotatable bonds is 5. The van der Waals surface area contributed by atoms with Gasteiger partial charge in [0.15, 0.2) is 0 Å². The molecule has 0 bridgehead atoms. The van der Waals surface area contributed by atoms with Crippen molar-refractivity contribution in [2.45, 2.75) is 44.7 Å². The molecule has 29 heavy (non-hydrogen) atoms. The van der Waals surface area contributed by atoms with E-state index in [-0.39, 0.29) is 17.9 Å². The van der Waals surface area contributed by atoms with Crippen LogP contribution in [0.3, 0.4) is 0 Å². The zero-order chi connectivity index (χ0) is 20.2. The largest absolute Gasteiger partial charge is 0.349 e. The molecule has 1 aromatic rings. The fraction of sp³-hybridized carbons (Fsp3) is 0.652. The van der Waals surface area contributed by atoms with E-state index >= 15 is 0 Å². The van der Waals surface area contributed by atoms with Crippen LogP contribution in [0.2, 0.25) is 0 Å². The molecular formula is C23H34N4O2. The highest BCUT2D eigenvalue weighted by molar-refractivity contribution is 5.94. The van der Waals surface area contributed by atoms with E-state index in [2.05, 4.69) is 22.0 Å². The van der Waals surface area contributed by atoms with Gasteiger partial charge >= 0.3 is 0 Å². The molecule has 2 unspecified atom stereocenters. The number of nitrogens with one attached hydrogen (secondary N) is 1. The molecule has 0 spiro atoms. The summed E-state index contributed by atoms with van der Waals surface area (Å²) in [6.07, 6.45) is 4.48. The number of amides is 2. The van der Waals surface area contributed by atoms with Gasteiger partial charge < -0.3 is 10.2 Å². The first kappa shape index (κ1) is 20.4. The summed E-state index contributed by atoms with van der Waals surface area (Å²) >= 11 is 0. The summed E-state index contributed by atoms with van der Waals surface area (Å²) in [6, 6.07) is 10.3. The Labute approximate surface area is 174 Å².